The van der Waals surface area contributed by atoms with E-state index in [0.717, 1.165) is 24.3 Å². The van der Waals surface area contributed by atoms with Crippen LogP contribution in [0.4, 0.5) is 4.39 Å². The number of pyridine rings is 1. The van der Waals surface area contributed by atoms with Gasteiger partial charge in [-0.2, -0.15) is 0 Å². The quantitative estimate of drug-likeness (QED) is 0.708. The lowest BCUT2D eigenvalue weighted by Crippen LogP contribution is -2.14. The van der Waals surface area contributed by atoms with E-state index in [0.29, 0.717) is 6.54 Å². The molecule has 1 aromatic rings. The third-order valence-electron chi connectivity index (χ3n) is 2.29. The second-order valence-corrected chi connectivity index (χ2v) is 3.73. The summed E-state index contributed by atoms with van der Waals surface area (Å²) in [4.78, 5) is 6.30. The fraction of sp³-hybridized carbons (Fsp3) is 0.583. The van der Waals surface area contributed by atoms with E-state index >= 15 is 0 Å². The van der Waals surface area contributed by atoms with Gasteiger partial charge in [0.05, 0.1) is 5.69 Å². The summed E-state index contributed by atoms with van der Waals surface area (Å²) in [6.45, 7) is 8.79. The van der Waals surface area contributed by atoms with Crippen LogP contribution in [-0.4, -0.2) is 16.4 Å². The number of hydrogen-bond donors (Lipinski definition) is 0. The van der Waals surface area contributed by atoms with E-state index in [1.165, 1.54) is 18.7 Å². The van der Waals surface area contributed by atoms with Gasteiger partial charge in [-0.1, -0.05) is 27.2 Å². The number of fused-ring (bicyclic) bond motifs is 1. The molecule has 1 aromatic heterocycles. The molecular weight excluding hydrogens is 191 g/mol. The van der Waals surface area contributed by atoms with Crippen molar-refractivity contribution in [2.75, 3.05) is 6.54 Å². The van der Waals surface area contributed by atoms with Crippen LogP contribution in [0.15, 0.2) is 12.3 Å². The highest BCUT2D eigenvalue weighted by atomic mass is 19.1. The van der Waals surface area contributed by atoms with Gasteiger partial charge in [-0.15, -0.1) is 0 Å². The zero-order chi connectivity index (χ0) is 11.3. The fourth-order valence-corrected chi connectivity index (χ4v) is 1.53. The minimum absolute atomic E-state index is 0.115. The topological polar surface area (TPSA) is 16.1 Å². The van der Waals surface area contributed by atoms with Crippen LogP contribution in [0.5, 0.6) is 0 Å². The Balaban J connectivity index is 0.000000337. The van der Waals surface area contributed by atoms with Gasteiger partial charge in [0.15, 0.2) is 0 Å². The monoisotopic (exact) mass is 210 g/mol. The molecule has 0 spiro atoms. The van der Waals surface area contributed by atoms with Crippen molar-refractivity contribution in [3.8, 4) is 0 Å². The van der Waals surface area contributed by atoms with Gasteiger partial charge in [-0.05, 0) is 12.6 Å². The van der Waals surface area contributed by atoms with Crippen molar-refractivity contribution in [3.05, 3.63) is 29.3 Å². The standard InChI is InChI=1S/C9H11FN2.C3H8/c1-2-12-5-7-8(10)3-4-11-9(7)6-12;1-3-2/h3-4H,2,5-6H2,1H3;3H2,1-2H3. The Kier molecular flexibility index (Phi) is 4.69. The van der Waals surface area contributed by atoms with Crippen LogP contribution >= 0.6 is 0 Å². The summed E-state index contributed by atoms with van der Waals surface area (Å²) in [7, 11) is 0. The van der Waals surface area contributed by atoms with E-state index in [4.69, 9.17) is 0 Å². The van der Waals surface area contributed by atoms with Crippen molar-refractivity contribution in [2.45, 2.75) is 40.3 Å². The lowest BCUT2D eigenvalue weighted by Gasteiger charge is -2.08. The number of nitrogens with zero attached hydrogens (tertiary/aromatic N) is 2. The van der Waals surface area contributed by atoms with Crippen LogP contribution in [-0.2, 0) is 13.1 Å². The van der Waals surface area contributed by atoms with Gasteiger partial charge in [-0.3, -0.25) is 9.88 Å². The molecule has 0 bridgehead atoms. The van der Waals surface area contributed by atoms with E-state index in [-0.39, 0.29) is 5.82 Å². The summed E-state index contributed by atoms with van der Waals surface area (Å²) < 4.78 is 13.1. The molecule has 0 amide bonds. The number of halogens is 1. The Bertz CT molecular complexity index is 312. The molecule has 2 nitrogen and oxygen atoms in total. The van der Waals surface area contributed by atoms with Gasteiger partial charge in [0, 0.05) is 24.8 Å². The SMILES string of the molecule is CCC.CCN1Cc2nccc(F)c2C1. The smallest absolute Gasteiger partial charge is 0.131 e. The number of aromatic nitrogens is 1. The van der Waals surface area contributed by atoms with Crippen LogP contribution in [0, 0.1) is 5.82 Å². The predicted octanol–water partition coefficient (Wildman–Crippen LogP) is 2.97. The Morgan fingerprint density at radius 1 is 1.33 bits per heavy atom. The third-order valence-corrected chi connectivity index (χ3v) is 2.29. The van der Waals surface area contributed by atoms with Gasteiger partial charge >= 0.3 is 0 Å². The molecular formula is C12H19FN2. The lowest BCUT2D eigenvalue weighted by atomic mass is 10.2. The third kappa shape index (κ3) is 2.99. The summed E-state index contributed by atoms with van der Waals surface area (Å²) in [5, 5.41) is 0. The summed E-state index contributed by atoms with van der Waals surface area (Å²) in [6.07, 6.45) is 2.79. The first-order chi connectivity index (χ1) is 7.22. The summed E-state index contributed by atoms with van der Waals surface area (Å²) in [5.74, 6) is -0.115. The predicted molar refractivity (Wildman–Crippen MR) is 59.9 cm³/mol. The van der Waals surface area contributed by atoms with Crippen LogP contribution in [0.2, 0.25) is 0 Å². The number of hydrogen-bond acceptors (Lipinski definition) is 2. The average Bonchev–Trinajstić information content (AvgIpc) is 2.63. The molecule has 0 radical (unpaired) electrons. The van der Waals surface area contributed by atoms with E-state index in [2.05, 4.69) is 30.7 Å². The van der Waals surface area contributed by atoms with Crippen molar-refractivity contribution >= 4 is 0 Å². The zero-order valence-electron chi connectivity index (χ0n) is 9.76. The molecule has 0 atom stereocenters. The molecule has 1 aliphatic heterocycles. The Hall–Kier alpha value is -0.960. The van der Waals surface area contributed by atoms with Crippen molar-refractivity contribution in [1.29, 1.82) is 0 Å². The molecule has 0 saturated heterocycles. The highest BCUT2D eigenvalue weighted by Crippen LogP contribution is 2.22. The van der Waals surface area contributed by atoms with E-state index in [9.17, 15) is 4.39 Å². The minimum Gasteiger partial charge on any atom is -0.293 e. The molecule has 2 rings (SSSR count). The van der Waals surface area contributed by atoms with Gasteiger partial charge in [-0.25, -0.2) is 4.39 Å². The number of rotatable bonds is 1. The highest BCUT2D eigenvalue weighted by Gasteiger charge is 2.21. The fourth-order valence-electron chi connectivity index (χ4n) is 1.53. The van der Waals surface area contributed by atoms with Crippen LogP contribution in [0.25, 0.3) is 0 Å². The maximum Gasteiger partial charge on any atom is 0.131 e. The van der Waals surface area contributed by atoms with E-state index < -0.39 is 0 Å². The summed E-state index contributed by atoms with van der Waals surface area (Å²) in [6, 6.07) is 1.43. The Morgan fingerprint density at radius 3 is 2.53 bits per heavy atom. The van der Waals surface area contributed by atoms with E-state index in [1.54, 1.807) is 0 Å². The summed E-state index contributed by atoms with van der Waals surface area (Å²) in [5.41, 5.74) is 1.68. The molecule has 2 heterocycles. The molecule has 15 heavy (non-hydrogen) atoms. The molecule has 0 fully saturated rings. The zero-order valence-corrected chi connectivity index (χ0v) is 9.76. The minimum atomic E-state index is -0.115. The van der Waals surface area contributed by atoms with E-state index in [1.807, 2.05) is 0 Å². The molecule has 0 aliphatic carbocycles. The van der Waals surface area contributed by atoms with Gasteiger partial charge in [0.2, 0.25) is 0 Å². The molecule has 0 aromatic carbocycles. The molecule has 1 aliphatic rings. The van der Waals surface area contributed by atoms with Gasteiger partial charge in [0.1, 0.15) is 5.82 Å². The van der Waals surface area contributed by atoms with Crippen molar-refractivity contribution in [1.82, 2.24) is 9.88 Å². The Labute approximate surface area is 91.1 Å². The second-order valence-electron chi connectivity index (χ2n) is 3.73. The maximum absolute atomic E-state index is 13.1. The molecule has 0 N–H and O–H groups in total. The van der Waals surface area contributed by atoms with Crippen LogP contribution in [0.1, 0.15) is 38.4 Å². The van der Waals surface area contributed by atoms with Crippen LogP contribution in [0.3, 0.4) is 0 Å². The Morgan fingerprint density at radius 2 is 2.00 bits per heavy atom. The van der Waals surface area contributed by atoms with Crippen molar-refractivity contribution in [3.63, 3.8) is 0 Å². The molecule has 3 heteroatoms. The highest BCUT2D eigenvalue weighted by molar-refractivity contribution is 5.25. The first kappa shape index (κ1) is 12.1. The summed E-state index contributed by atoms with van der Waals surface area (Å²) >= 11 is 0. The molecule has 0 unspecified atom stereocenters. The average molecular weight is 210 g/mol. The van der Waals surface area contributed by atoms with Gasteiger partial charge in [0.25, 0.3) is 0 Å². The van der Waals surface area contributed by atoms with Gasteiger partial charge < -0.3 is 0 Å². The largest absolute Gasteiger partial charge is 0.293 e. The normalized spacial score (nSPS) is 14.4. The first-order valence-electron chi connectivity index (χ1n) is 5.57. The first-order valence-corrected chi connectivity index (χ1v) is 5.57. The second kappa shape index (κ2) is 5.81. The van der Waals surface area contributed by atoms with Crippen molar-refractivity contribution in [2.24, 2.45) is 0 Å². The maximum atomic E-state index is 13.1. The lowest BCUT2D eigenvalue weighted by molar-refractivity contribution is 0.297. The molecule has 0 saturated carbocycles. The molecule has 84 valence electrons. The van der Waals surface area contributed by atoms with Crippen LogP contribution < -0.4 is 0 Å². The van der Waals surface area contributed by atoms with Crippen molar-refractivity contribution < 1.29 is 4.39 Å².